The quantitative estimate of drug-likeness (QED) is 0.590. The molecule has 0 atom stereocenters. The molecule has 0 aliphatic carbocycles. The maximum atomic E-state index is 7.91. The zero-order valence-corrected chi connectivity index (χ0v) is 6.66. The number of rotatable bonds is 2. The van der Waals surface area contributed by atoms with Crippen LogP contribution in [0, 0.1) is 0 Å². The molecule has 4 nitrogen and oxygen atoms in total. The van der Waals surface area contributed by atoms with Crippen LogP contribution < -0.4 is 0 Å². The Balaban J connectivity index is 0.000000187. The van der Waals surface area contributed by atoms with Gasteiger partial charge in [-0.2, -0.15) is 0 Å². The highest BCUT2D eigenvalue weighted by Gasteiger charge is 1.94. The van der Waals surface area contributed by atoms with Gasteiger partial charge in [0.2, 0.25) is 0 Å². The molecule has 0 radical (unpaired) electrons. The minimum atomic E-state index is 0.0938. The number of hydrogen-bond acceptors (Lipinski definition) is 4. The Bertz CT molecular complexity index is 50.0. The zero-order valence-electron chi connectivity index (χ0n) is 6.66. The van der Waals surface area contributed by atoms with Crippen LogP contribution in [0.1, 0.15) is 12.8 Å². The van der Waals surface area contributed by atoms with Crippen molar-refractivity contribution in [3.8, 4) is 0 Å². The van der Waals surface area contributed by atoms with Crippen molar-refractivity contribution >= 4 is 0 Å². The van der Waals surface area contributed by atoms with Crippen molar-refractivity contribution < 1.29 is 19.7 Å². The molecule has 1 saturated heterocycles. The summed E-state index contributed by atoms with van der Waals surface area (Å²) in [6.45, 7) is 2.44. The summed E-state index contributed by atoms with van der Waals surface area (Å²) in [6, 6.07) is 0. The van der Waals surface area contributed by atoms with E-state index in [4.69, 9.17) is 19.7 Å². The molecule has 0 amide bonds. The third kappa shape index (κ3) is 9.84. The summed E-state index contributed by atoms with van der Waals surface area (Å²) in [5, 5.41) is 15.8. The highest BCUT2D eigenvalue weighted by molar-refractivity contribution is 4.34. The lowest BCUT2D eigenvalue weighted by Crippen LogP contribution is -2.11. The van der Waals surface area contributed by atoms with Crippen LogP contribution in [0.4, 0.5) is 0 Å². The lowest BCUT2D eigenvalue weighted by molar-refractivity contribution is -0.0963. The first-order valence-electron chi connectivity index (χ1n) is 3.79. The highest BCUT2D eigenvalue weighted by Crippen LogP contribution is 1.91. The van der Waals surface area contributed by atoms with Crippen molar-refractivity contribution in [1.29, 1.82) is 0 Å². The smallest absolute Gasteiger partial charge is 0.146 e. The molecule has 4 heteroatoms. The van der Waals surface area contributed by atoms with Gasteiger partial charge < -0.3 is 19.7 Å². The molecule has 0 spiro atoms. The Kier molecular flexibility index (Phi) is 9.70. The molecule has 1 aliphatic heterocycles. The summed E-state index contributed by atoms with van der Waals surface area (Å²) in [6.07, 6.45) is 1.56. The van der Waals surface area contributed by atoms with Gasteiger partial charge in [0.25, 0.3) is 0 Å². The fourth-order valence-corrected chi connectivity index (χ4v) is 0.511. The molecule has 1 heterocycles. The van der Waals surface area contributed by atoms with Crippen LogP contribution in [0.5, 0.6) is 0 Å². The molecular formula is C7H16O4. The fraction of sp³-hybridized carbons (Fsp3) is 1.00. The van der Waals surface area contributed by atoms with Crippen LogP contribution >= 0.6 is 0 Å². The molecule has 0 saturated carbocycles. The molecular weight excluding hydrogens is 148 g/mol. The molecule has 1 rings (SSSR count). The third-order valence-corrected chi connectivity index (χ3v) is 1.06. The van der Waals surface area contributed by atoms with Gasteiger partial charge in [-0.3, -0.25) is 0 Å². The molecule has 2 N–H and O–H groups in total. The Labute approximate surface area is 66.7 Å². The number of aliphatic hydroxyl groups excluding tert-OH is 2. The van der Waals surface area contributed by atoms with Gasteiger partial charge in [0.15, 0.2) is 0 Å². The number of hydrogen-bond donors (Lipinski definition) is 2. The zero-order chi connectivity index (χ0) is 8.36. The predicted octanol–water partition coefficient (Wildman–Crippen LogP) is -0.258. The summed E-state index contributed by atoms with van der Waals surface area (Å²) < 4.78 is 9.69. The van der Waals surface area contributed by atoms with Gasteiger partial charge in [0.05, 0.1) is 13.2 Å². The second-order valence-electron chi connectivity index (χ2n) is 2.09. The monoisotopic (exact) mass is 164 g/mol. The fourth-order valence-electron chi connectivity index (χ4n) is 0.511. The largest absolute Gasteiger partial charge is 0.396 e. The van der Waals surface area contributed by atoms with E-state index in [0.717, 1.165) is 19.6 Å². The molecule has 0 bridgehead atoms. The van der Waals surface area contributed by atoms with Crippen LogP contribution in [0.25, 0.3) is 0 Å². The maximum absolute atomic E-state index is 7.91. The molecule has 0 aromatic carbocycles. The number of aliphatic hydroxyl groups is 2. The Morgan fingerprint density at radius 2 is 1.55 bits per heavy atom. The summed E-state index contributed by atoms with van der Waals surface area (Å²) in [5.41, 5.74) is 0. The van der Waals surface area contributed by atoms with E-state index in [2.05, 4.69) is 0 Å². The van der Waals surface area contributed by atoms with Crippen molar-refractivity contribution in [2.24, 2.45) is 0 Å². The molecule has 0 aromatic heterocycles. The summed E-state index contributed by atoms with van der Waals surface area (Å²) in [5.74, 6) is 0. The van der Waals surface area contributed by atoms with Gasteiger partial charge in [-0.15, -0.1) is 0 Å². The van der Waals surface area contributed by atoms with E-state index in [9.17, 15) is 0 Å². The lowest BCUT2D eigenvalue weighted by Gasteiger charge is -2.09. The van der Waals surface area contributed by atoms with Crippen molar-refractivity contribution in [2.45, 2.75) is 12.8 Å². The first-order valence-corrected chi connectivity index (χ1v) is 3.79. The van der Waals surface area contributed by atoms with Crippen LogP contribution in [0.15, 0.2) is 0 Å². The van der Waals surface area contributed by atoms with E-state index in [1.165, 1.54) is 0 Å². The van der Waals surface area contributed by atoms with E-state index >= 15 is 0 Å². The van der Waals surface area contributed by atoms with E-state index in [0.29, 0.717) is 13.2 Å². The van der Waals surface area contributed by atoms with E-state index < -0.39 is 0 Å². The third-order valence-electron chi connectivity index (χ3n) is 1.06. The van der Waals surface area contributed by atoms with Gasteiger partial charge in [-0.1, -0.05) is 0 Å². The summed E-state index contributed by atoms with van der Waals surface area (Å²) in [4.78, 5) is 0. The lowest BCUT2D eigenvalue weighted by atomic mass is 10.5. The van der Waals surface area contributed by atoms with Crippen LogP contribution in [-0.4, -0.2) is 43.4 Å². The standard InChI is InChI=1S/C4H8O2.C3H8O2/c1-2-5-4-6-3-1;4-2-1-3-5/h1-4H2;4-5H,1-3H2. The first-order chi connectivity index (χ1) is 5.41. The second kappa shape index (κ2) is 9.84. The molecule has 0 unspecified atom stereocenters. The van der Waals surface area contributed by atoms with Crippen molar-refractivity contribution in [2.75, 3.05) is 33.2 Å². The molecule has 68 valence electrons. The summed E-state index contributed by atoms with van der Waals surface area (Å²) >= 11 is 0. The normalized spacial score (nSPS) is 16.9. The SMILES string of the molecule is C1COCOC1.OCCCO. The Hall–Kier alpha value is -0.160. The molecule has 1 fully saturated rings. The van der Waals surface area contributed by atoms with Crippen molar-refractivity contribution in [3.05, 3.63) is 0 Å². The van der Waals surface area contributed by atoms with Gasteiger partial charge in [0.1, 0.15) is 6.79 Å². The van der Waals surface area contributed by atoms with E-state index in [1.807, 2.05) is 0 Å². The average molecular weight is 164 g/mol. The topological polar surface area (TPSA) is 58.9 Å². The van der Waals surface area contributed by atoms with Crippen molar-refractivity contribution in [1.82, 2.24) is 0 Å². The van der Waals surface area contributed by atoms with Gasteiger partial charge in [-0.05, 0) is 12.8 Å². The minimum absolute atomic E-state index is 0.0938. The van der Waals surface area contributed by atoms with Crippen molar-refractivity contribution in [3.63, 3.8) is 0 Å². The maximum Gasteiger partial charge on any atom is 0.146 e. The predicted molar refractivity (Wildman–Crippen MR) is 40.2 cm³/mol. The van der Waals surface area contributed by atoms with Gasteiger partial charge >= 0.3 is 0 Å². The number of ether oxygens (including phenoxy) is 2. The van der Waals surface area contributed by atoms with Gasteiger partial charge in [0, 0.05) is 13.2 Å². The first kappa shape index (κ1) is 10.8. The van der Waals surface area contributed by atoms with Crippen LogP contribution in [0.3, 0.4) is 0 Å². The molecule has 0 aromatic rings. The van der Waals surface area contributed by atoms with Crippen LogP contribution in [0.2, 0.25) is 0 Å². The summed E-state index contributed by atoms with van der Waals surface area (Å²) in [7, 11) is 0. The van der Waals surface area contributed by atoms with E-state index in [1.54, 1.807) is 0 Å². The Morgan fingerprint density at radius 1 is 1.00 bits per heavy atom. The average Bonchev–Trinajstić information content (AvgIpc) is 2.10. The van der Waals surface area contributed by atoms with Crippen LogP contribution in [-0.2, 0) is 9.47 Å². The second-order valence-corrected chi connectivity index (χ2v) is 2.09. The highest BCUT2D eigenvalue weighted by atomic mass is 16.7. The van der Waals surface area contributed by atoms with Gasteiger partial charge in [-0.25, -0.2) is 0 Å². The minimum Gasteiger partial charge on any atom is -0.396 e. The molecule has 1 aliphatic rings. The Morgan fingerprint density at radius 3 is 1.64 bits per heavy atom. The molecule has 11 heavy (non-hydrogen) atoms. The van der Waals surface area contributed by atoms with E-state index in [-0.39, 0.29) is 13.2 Å².